The summed E-state index contributed by atoms with van der Waals surface area (Å²) in [6.45, 7) is 2.50. The number of ketones is 1. The predicted octanol–water partition coefficient (Wildman–Crippen LogP) is 5.00. The Morgan fingerprint density at radius 2 is 1.68 bits per heavy atom. The number of benzene rings is 2. The number of aliphatic imine (C=N–C) groups is 1. The second-order valence-electron chi connectivity index (χ2n) is 6.36. The van der Waals surface area contributed by atoms with E-state index >= 15 is 0 Å². The minimum atomic E-state index is -0.00809. The molecule has 128 valence electrons. The van der Waals surface area contributed by atoms with Crippen molar-refractivity contribution in [2.45, 2.75) is 38.6 Å². The van der Waals surface area contributed by atoms with Gasteiger partial charge in [0.25, 0.3) is 0 Å². The van der Waals surface area contributed by atoms with Gasteiger partial charge in [-0.2, -0.15) is 0 Å². The van der Waals surface area contributed by atoms with E-state index in [-0.39, 0.29) is 17.5 Å². The van der Waals surface area contributed by atoms with Crippen molar-refractivity contribution in [3.63, 3.8) is 0 Å². The van der Waals surface area contributed by atoms with Crippen molar-refractivity contribution in [2.24, 2.45) is 4.99 Å². The first-order chi connectivity index (χ1) is 12.2. The fourth-order valence-corrected chi connectivity index (χ4v) is 3.32. The Balaban J connectivity index is 1.83. The molecule has 0 saturated carbocycles. The predicted molar refractivity (Wildman–Crippen MR) is 101 cm³/mol. The third-order valence-corrected chi connectivity index (χ3v) is 4.63. The molecule has 2 aromatic carbocycles. The van der Waals surface area contributed by atoms with Gasteiger partial charge in [0.15, 0.2) is 5.78 Å². The summed E-state index contributed by atoms with van der Waals surface area (Å²) in [5, 5.41) is 10.5. The van der Waals surface area contributed by atoms with Crippen LogP contribution in [0.5, 0.6) is 0 Å². The second-order valence-corrected chi connectivity index (χ2v) is 6.36. The van der Waals surface area contributed by atoms with Crippen LogP contribution in [0.15, 0.2) is 77.0 Å². The molecule has 0 aromatic heterocycles. The van der Waals surface area contributed by atoms with Crippen LogP contribution in [0.1, 0.15) is 43.2 Å². The molecular weight excluding hydrogens is 310 g/mol. The zero-order chi connectivity index (χ0) is 17.6. The van der Waals surface area contributed by atoms with Gasteiger partial charge in [-0.25, -0.2) is 0 Å². The van der Waals surface area contributed by atoms with Crippen molar-refractivity contribution < 1.29 is 9.90 Å². The van der Waals surface area contributed by atoms with Crippen LogP contribution < -0.4 is 0 Å². The van der Waals surface area contributed by atoms with E-state index in [1.54, 1.807) is 0 Å². The minimum absolute atomic E-state index is 0.00809. The van der Waals surface area contributed by atoms with Crippen LogP contribution in [0.4, 0.5) is 0 Å². The highest BCUT2D eigenvalue weighted by atomic mass is 16.3. The Labute approximate surface area is 148 Å². The largest absolute Gasteiger partial charge is 0.511 e. The van der Waals surface area contributed by atoms with Crippen molar-refractivity contribution in [1.29, 1.82) is 0 Å². The van der Waals surface area contributed by atoms with Crippen LogP contribution in [-0.4, -0.2) is 16.6 Å². The average Bonchev–Trinajstić information content (AvgIpc) is 2.65. The Hall–Kier alpha value is -2.68. The molecule has 2 aromatic rings. The van der Waals surface area contributed by atoms with Crippen LogP contribution in [-0.2, 0) is 11.3 Å². The summed E-state index contributed by atoms with van der Waals surface area (Å²) in [6, 6.07) is 19.9. The van der Waals surface area contributed by atoms with Crippen molar-refractivity contribution >= 4 is 11.5 Å². The summed E-state index contributed by atoms with van der Waals surface area (Å²) in [7, 11) is 0. The van der Waals surface area contributed by atoms with Gasteiger partial charge in [0.05, 0.1) is 12.1 Å². The molecular formula is C22H23NO2. The number of hydrogen-bond donors (Lipinski definition) is 1. The summed E-state index contributed by atoms with van der Waals surface area (Å²) in [5.74, 6) is 0.217. The maximum absolute atomic E-state index is 12.7. The highest BCUT2D eigenvalue weighted by Crippen LogP contribution is 2.34. The monoisotopic (exact) mass is 333 g/mol. The lowest BCUT2D eigenvalue weighted by Crippen LogP contribution is -2.23. The van der Waals surface area contributed by atoms with Gasteiger partial charge in [0, 0.05) is 18.6 Å². The summed E-state index contributed by atoms with van der Waals surface area (Å²) >= 11 is 0. The first kappa shape index (κ1) is 17.2. The molecule has 0 bridgehead atoms. The molecule has 0 heterocycles. The van der Waals surface area contributed by atoms with E-state index in [9.17, 15) is 9.90 Å². The highest BCUT2D eigenvalue weighted by Gasteiger charge is 2.30. The third-order valence-electron chi connectivity index (χ3n) is 4.63. The number of carbonyl (C=O) groups excluding carboxylic acids is 1. The molecule has 1 aliphatic rings. The Kier molecular flexibility index (Phi) is 5.44. The molecule has 0 fully saturated rings. The number of rotatable bonds is 5. The quantitative estimate of drug-likeness (QED) is 0.783. The standard InChI is InChI=1S/C22H23NO2/c1-2-19(23-15-16-9-5-3-6-10-16)22-20(24)13-18(14-21(22)25)17-11-7-4-8-12-17/h3-12,18,24H,2,13-15H2,1H3. The van der Waals surface area contributed by atoms with E-state index in [4.69, 9.17) is 0 Å². The molecule has 1 aliphatic carbocycles. The van der Waals surface area contributed by atoms with Crippen molar-refractivity contribution in [1.82, 2.24) is 0 Å². The zero-order valence-corrected chi connectivity index (χ0v) is 14.5. The minimum Gasteiger partial charge on any atom is -0.511 e. The lowest BCUT2D eigenvalue weighted by Gasteiger charge is -2.24. The molecule has 0 aliphatic heterocycles. The SMILES string of the molecule is CCC(=NCc1ccccc1)C1=C(O)CC(c2ccccc2)CC1=O. The van der Waals surface area contributed by atoms with Gasteiger partial charge in [-0.3, -0.25) is 9.79 Å². The molecule has 1 unspecified atom stereocenters. The fourth-order valence-electron chi connectivity index (χ4n) is 3.32. The van der Waals surface area contributed by atoms with Crippen LogP contribution in [0.3, 0.4) is 0 Å². The molecule has 0 spiro atoms. The van der Waals surface area contributed by atoms with Crippen LogP contribution in [0, 0.1) is 0 Å². The van der Waals surface area contributed by atoms with E-state index < -0.39 is 0 Å². The Morgan fingerprint density at radius 3 is 2.28 bits per heavy atom. The molecule has 1 atom stereocenters. The highest BCUT2D eigenvalue weighted by molar-refractivity contribution is 6.23. The van der Waals surface area contributed by atoms with E-state index in [0.717, 1.165) is 11.1 Å². The lowest BCUT2D eigenvalue weighted by atomic mass is 9.81. The zero-order valence-electron chi connectivity index (χ0n) is 14.5. The van der Waals surface area contributed by atoms with E-state index in [1.807, 2.05) is 67.6 Å². The molecule has 0 saturated heterocycles. The molecule has 3 heteroatoms. The number of aliphatic hydroxyl groups is 1. The van der Waals surface area contributed by atoms with Crippen molar-refractivity contribution in [3.8, 4) is 0 Å². The van der Waals surface area contributed by atoms with Crippen LogP contribution in [0.2, 0.25) is 0 Å². The summed E-state index contributed by atoms with van der Waals surface area (Å²) in [6.07, 6.45) is 1.55. The summed E-state index contributed by atoms with van der Waals surface area (Å²) in [5.41, 5.74) is 3.34. The molecule has 25 heavy (non-hydrogen) atoms. The normalized spacial score (nSPS) is 18.5. The number of carbonyl (C=O) groups is 1. The topological polar surface area (TPSA) is 49.7 Å². The fraction of sp³-hybridized carbons (Fsp3) is 0.273. The number of hydrogen-bond acceptors (Lipinski definition) is 3. The number of Topliss-reactive ketones (excluding diaryl/α,β-unsaturated/α-hetero) is 1. The van der Waals surface area contributed by atoms with Gasteiger partial charge in [0.1, 0.15) is 5.76 Å². The van der Waals surface area contributed by atoms with Crippen molar-refractivity contribution in [2.75, 3.05) is 0 Å². The average molecular weight is 333 g/mol. The maximum atomic E-state index is 12.7. The van der Waals surface area contributed by atoms with Gasteiger partial charge < -0.3 is 5.11 Å². The number of allylic oxidation sites excluding steroid dienone is 2. The lowest BCUT2D eigenvalue weighted by molar-refractivity contribution is -0.116. The van der Waals surface area contributed by atoms with Crippen LogP contribution in [0.25, 0.3) is 0 Å². The summed E-state index contributed by atoms with van der Waals surface area (Å²) < 4.78 is 0. The van der Waals surface area contributed by atoms with Gasteiger partial charge >= 0.3 is 0 Å². The second kappa shape index (κ2) is 7.93. The third kappa shape index (κ3) is 4.05. The van der Waals surface area contributed by atoms with E-state index in [1.165, 1.54) is 0 Å². The first-order valence-corrected chi connectivity index (χ1v) is 8.77. The van der Waals surface area contributed by atoms with Gasteiger partial charge in [-0.15, -0.1) is 0 Å². The molecule has 3 nitrogen and oxygen atoms in total. The Morgan fingerprint density at radius 1 is 1.04 bits per heavy atom. The van der Waals surface area contributed by atoms with Gasteiger partial charge in [-0.1, -0.05) is 67.6 Å². The first-order valence-electron chi connectivity index (χ1n) is 8.77. The van der Waals surface area contributed by atoms with Crippen LogP contribution >= 0.6 is 0 Å². The molecule has 0 amide bonds. The van der Waals surface area contributed by atoms with Crippen molar-refractivity contribution in [3.05, 3.63) is 83.1 Å². The Bertz CT molecular complexity index is 791. The molecule has 3 rings (SSSR count). The van der Waals surface area contributed by atoms with Gasteiger partial charge in [0.2, 0.25) is 0 Å². The molecule has 0 radical (unpaired) electrons. The van der Waals surface area contributed by atoms with E-state index in [0.29, 0.717) is 37.1 Å². The number of aliphatic hydroxyl groups excluding tert-OH is 1. The molecule has 1 N–H and O–H groups in total. The van der Waals surface area contributed by atoms with E-state index in [2.05, 4.69) is 4.99 Å². The smallest absolute Gasteiger partial charge is 0.168 e. The number of nitrogens with zero attached hydrogens (tertiary/aromatic N) is 1. The van der Waals surface area contributed by atoms with Gasteiger partial charge in [-0.05, 0) is 23.5 Å². The summed E-state index contributed by atoms with van der Waals surface area (Å²) in [4.78, 5) is 17.3. The maximum Gasteiger partial charge on any atom is 0.168 e.